The van der Waals surface area contributed by atoms with Gasteiger partial charge in [-0.1, -0.05) is 60.7 Å². The average molecular weight is 304 g/mol. The van der Waals surface area contributed by atoms with Crippen molar-refractivity contribution >= 4 is 5.97 Å². The minimum Gasteiger partial charge on any atom is -0.460 e. The molecule has 3 rings (SSSR count). The first-order chi connectivity index (χ1) is 11.3. The number of nitrogens with zero attached hydrogens (tertiary/aromatic N) is 2. The van der Waals surface area contributed by atoms with Crippen LogP contribution in [0, 0.1) is 0 Å². The first-order valence-corrected chi connectivity index (χ1v) is 7.45. The van der Waals surface area contributed by atoms with Crippen molar-refractivity contribution < 1.29 is 9.53 Å². The van der Waals surface area contributed by atoms with E-state index in [4.69, 9.17) is 4.74 Å². The zero-order chi connectivity index (χ0) is 16.1. The Hall–Kier alpha value is -3.01. The number of ether oxygens (including phenoxy) is 1. The molecule has 0 aliphatic carbocycles. The van der Waals surface area contributed by atoms with Crippen molar-refractivity contribution in [1.29, 1.82) is 0 Å². The van der Waals surface area contributed by atoms with E-state index in [-0.39, 0.29) is 5.82 Å². The predicted molar refractivity (Wildman–Crippen MR) is 88.9 cm³/mol. The topological polar surface area (TPSA) is 52.1 Å². The lowest BCUT2D eigenvalue weighted by atomic mass is 10.1. The van der Waals surface area contributed by atoms with Gasteiger partial charge in [-0.2, -0.15) is 0 Å². The number of hydrogen-bond acceptors (Lipinski definition) is 4. The number of rotatable bonds is 4. The van der Waals surface area contributed by atoms with Crippen molar-refractivity contribution in [2.75, 3.05) is 6.61 Å². The molecule has 23 heavy (non-hydrogen) atoms. The first kappa shape index (κ1) is 14.9. The van der Waals surface area contributed by atoms with Crippen molar-refractivity contribution in [2.24, 2.45) is 0 Å². The van der Waals surface area contributed by atoms with Crippen LogP contribution in [0.2, 0.25) is 0 Å². The van der Waals surface area contributed by atoms with Gasteiger partial charge >= 0.3 is 5.97 Å². The molecule has 3 aromatic rings. The van der Waals surface area contributed by atoms with Gasteiger partial charge in [-0.3, -0.25) is 0 Å². The summed E-state index contributed by atoms with van der Waals surface area (Å²) in [6.45, 7) is 2.05. The molecule has 114 valence electrons. The molecule has 0 amide bonds. The smallest absolute Gasteiger partial charge is 0.376 e. The molecule has 0 unspecified atom stereocenters. The van der Waals surface area contributed by atoms with Crippen LogP contribution in [0.3, 0.4) is 0 Å². The van der Waals surface area contributed by atoms with E-state index in [2.05, 4.69) is 9.97 Å². The number of carbonyl (C=O) groups is 1. The summed E-state index contributed by atoms with van der Waals surface area (Å²) in [5.74, 6) is -0.436. The molecule has 0 spiro atoms. The van der Waals surface area contributed by atoms with Gasteiger partial charge in [0.1, 0.15) is 0 Å². The Labute approximate surface area is 134 Å². The van der Waals surface area contributed by atoms with Gasteiger partial charge in [-0.25, -0.2) is 14.8 Å². The first-order valence-electron chi connectivity index (χ1n) is 7.45. The van der Waals surface area contributed by atoms with E-state index in [0.717, 1.165) is 11.1 Å². The van der Waals surface area contributed by atoms with Crippen molar-refractivity contribution in [2.45, 2.75) is 6.92 Å². The Kier molecular flexibility index (Phi) is 4.43. The Bertz CT molecular complexity index is 744. The largest absolute Gasteiger partial charge is 0.460 e. The van der Waals surface area contributed by atoms with E-state index in [0.29, 0.717) is 18.0 Å². The molecule has 1 heterocycles. The molecular formula is C19H16N2O2. The molecule has 0 N–H and O–H groups in total. The van der Waals surface area contributed by atoms with Gasteiger partial charge < -0.3 is 4.74 Å². The zero-order valence-corrected chi connectivity index (χ0v) is 12.8. The maximum absolute atomic E-state index is 12.1. The summed E-state index contributed by atoms with van der Waals surface area (Å²) in [5.41, 5.74) is 3.25. The molecular weight excluding hydrogens is 288 g/mol. The number of carbonyl (C=O) groups excluding carboxylic acids is 1. The molecule has 0 bridgehead atoms. The van der Waals surface area contributed by atoms with E-state index >= 15 is 0 Å². The summed E-state index contributed by atoms with van der Waals surface area (Å²) < 4.78 is 5.05. The highest BCUT2D eigenvalue weighted by molar-refractivity contribution is 5.87. The molecule has 0 fully saturated rings. The van der Waals surface area contributed by atoms with Crippen LogP contribution >= 0.6 is 0 Å². The summed E-state index contributed by atoms with van der Waals surface area (Å²) in [6, 6.07) is 21.3. The zero-order valence-electron chi connectivity index (χ0n) is 12.8. The van der Waals surface area contributed by atoms with Crippen molar-refractivity contribution in [3.8, 4) is 22.5 Å². The molecule has 0 aliphatic heterocycles. The predicted octanol–water partition coefficient (Wildman–Crippen LogP) is 3.99. The molecule has 2 aromatic carbocycles. The van der Waals surface area contributed by atoms with Crippen molar-refractivity contribution in [3.05, 3.63) is 72.6 Å². The lowest BCUT2D eigenvalue weighted by Gasteiger charge is -2.08. The lowest BCUT2D eigenvalue weighted by molar-refractivity contribution is 0.0512. The summed E-state index contributed by atoms with van der Waals surface area (Å²) >= 11 is 0. The number of esters is 1. The molecule has 0 aliphatic rings. The van der Waals surface area contributed by atoms with Crippen molar-refractivity contribution in [1.82, 2.24) is 9.97 Å². The van der Waals surface area contributed by atoms with Crippen LogP contribution in [0.25, 0.3) is 22.5 Å². The van der Waals surface area contributed by atoms with Crippen LogP contribution in [-0.4, -0.2) is 22.5 Å². The molecule has 4 nitrogen and oxygen atoms in total. The number of aromatic nitrogens is 2. The fourth-order valence-electron chi connectivity index (χ4n) is 2.25. The fraction of sp³-hybridized carbons (Fsp3) is 0.105. The molecule has 0 radical (unpaired) electrons. The summed E-state index contributed by atoms with van der Waals surface area (Å²) in [7, 11) is 0. The standard InChI is InChI=1S/C19H16N2O2/c1-2-23-19(22)18-20-16(14-9-5-3-6-10-14)13-17(21-18)15-11-7-4-8-12-15/h3-13H,2H2,1H3. The third kappa shape index (κ3) is 3.43. The maximum Gasteiger partial charge on any atom is 0.376 e. The highest BCUT2D eigenvalue weighted by Crippen LogP contribution is 2.23. The number of benzene rings is 2. The molecule has 1 aromatic heterocycles. The molecule has 4 heteroatoms. The van der Waals surface area contributed by atoms with Gasteiger partial charge in [-0.15, -0.1) is 0 Å². The van der Waals surface area contributed by atoms with E-state index < -0.39 is 5.97 Å². The Balaban J connectivity index is 2.13. The summed E-state index contributed by atoms with van der Waals surface area (Å²) in [5, 5.41) is 0. The fourth-order valence-corrected chi connectivity index (χ4v) is 2.25. The van der Waals surface area contributed by atoms with Crippen LogP contribution in [0.4, 0.5) is 0 Å². The summed E-state index contributed by atoms with van der Waals surface area (Å²) in [4.78, 5) is 20.8. The third-order valence-electron chi connectivity index (χ3n) is 3.32. The van der Waals surface area contributed by atoms with Gasteiger partial charge in [0.2, 0.25) is 5.82 Å². The van der Waals surface area contributed by atoms with E-state index in [9.17, 15) is 4.79 Å². The van der Waals surface area contributed by atoms with E-state index in [1.54, 1.807) is 6.92 Å². The van der Waals surface area contributed by atoms with E-state index in [1.807, 2.05) is 66.7 Å². The SMILES string of the molecule is CCOC(=O)c1nc(-c2ccccc2)cc(-c2ccccc2)n1. The van der Waals surface area contributed by atoms with Gasteiger partial charge in [0.15, 0.2) is 0 Å². The second-order valence-electron chi connectivity index (χ2n) is 4.91. The Morgan fingerprint density at radius 3 is 1.78 bits per heavy atom. The molecule has 0 saturated heterocycles. The number of hydrogen-bond donors (Lipinski definition) is 0. The van der Waals surface area contributed by atoms with Gasteiger partial charge in [0.05, 0.1) is 18.0 Å². The minimum absolute atomic E-state index is 0.0760. The van der Waals surface area contributed by atoms with Crippen LogP contribution in [0.15, 0.2) is 66.7 Å². The van der Waals surface area contributed by atoms with E-state index in [1.165, 1.54) is 0 Å². The Morgan fingerprint density at radius 1 is 0.870 bits per heavy atom. The quantitative estimate of drug-likeness (QED) is 0.684. The molecule has 0 atom stereocenters. The monoisotopic (exact) mass is 304 g/mol. The maximum atomic E-state index is 12.1. The summed E-state index contributed by atoms with van der Waals surface area (Å²) in [6.07, 6.45) is 0. The highest BCUT2D eigenvalue weighted by atomic mass is 16.5. The van der Waals surface area contributed by atoms with Gasteiger partial charge in [0.25, 0.3) is 0 Å². The Morgan fingerprint density at radius 2 is 1.35 bits per heavy atom. The average Bonchev–Trinajstić information content (AvgIpc) is 2.63. The molecule has 0 saturated carbocycles. The van der Waals surface area contributed by atoms with Crippen molar-refractivity contribution in [3.63, 3.8) is 0 Å². The van der Waals surface area contributed by atoms with Crippen LogP contribution in [0.5, 0.6) is 0 Å². The third-order valence-corrected chi connectivity index (χ3v) is 3.32. The van der Waals surface area contributed by atoms with Gasteiger partial charge in [0, 0.05) is 11.1 Å². The second-order valence-corrected chi connectivity index (χ2v) is 4.91. The van der Waals surface area contributed by atoms with Gasteiger partial charge in [-0.05, 0) is 13.0 Å². The second kappa shape index (κ2) is 6.83. The van der Waals surface area contributed by atoms with Crippen LogP contribution in [-0.2, 0) is 4.74 Å². The van der Waals surface area contributed by atoms with Crippen LogP contribution < -0.4 is 0 Å². The minimum atomic E-state index is -0.512. The lowest BCUT2D eigenvalue weighted by Crippen LogP contribution is -2.11. The van der Waals surface area contributed by atoms with Crippen LogP contribution in [0.1, 0.15) is 17.5 Å². The normalized spacial score (nSPS) is 10.3. The highest BCUT2D eigenvalue weighted by Gasteiger charge is 2.15.